The van der Waals surface area contributed by atoms with Gasteiger partial charge in [0, 0.05) is 0 Å². The molecule has 2 rings (SSSR count). The van der Waals surface area contributed by atoms with Crippen molar-refractivity contribution in [3.8, 4) is 11.5 Å². The van der Waals surface area contributed by atoms with Crippen LogP contribution in [0.25, 0.3) is 0 Å². The van der Waals surface area contributed by atoms with Crippen molar-refractivity contribution in [2.75, 3.05) is 12.3 Å². The zero-order chi connectivity index (χ0) is 15.4. The summed E-state index contributed by atoms with van der Waals surface area (Å²) in [6.45, 7) is 3.99. The predicted molar refractivity (Wildman–Crippen MR) is 83.1 cm³/mol. The van der Waals surface area contributed by atoms with Crippen LogP contribution in [-0.2, 0) is 4.74 Å². The van der Waals surface area contributed by atoms with Crippen LogP contribution in [-0.4, -0.2) is 12.6 Å². The number of esters is 1. The first kappa shape index (κ1) is 15.2. The molecule has 2 N–H and O–H groups in total. The molecular formula is C16H16ClNO3. The van der Waals surface area contributed by atoms with Crippen LogP contribution in [0, 0.1) is 6.92 Å². The molecule has 0 saturated heterocycles. The van der Waals surface area contributed by atoms with Gasteiger partial charge in [-0.15, -0.1) is 0 Å². The second kappa shape index (κ2) is 6.50. The molecule has 0 aromatic heterocycles. The van der Waals surface area contributed by atoms with E-state index in [2.05, 4.69) is 0 Å². The van der Waals surface area contributed by atoms with Gasteiger partial charge in [-0.05, 0) is 49.7 Å². The van der Waals surface area contributed by atoms with E-state index in [9.17, 15) is 4.79 Å². The lowest BCUT2D eigenvalue weighted by atomic mass is 10.2. The van der Waals surface area contributed by atoms with E-state index < -0.39 is 5.97 Å². The number of halogens is 1. The standard InChI is InChI=1S/C16H16ClNO3/c1-3-20-16(19)11-5-7-13(18)15(9-11)21-14-8-10(2)4-6-12(14)17/h4-9H,3,18H2,1-2H3. The second-order valence-corrected chi connectivity index (χ2v) is 4.92. The van der Waals surface area contributed by atoms with Gasteiger partial charge in [0.25, 0.3) is 0 Å². The van der Waals surface area contributed by atoms with E-state index in [0.29, 0.717) is 34.4 Å². The first-order valence-electron chi connectivity index (χ1n) is 6.52. The van der Waals surface area contributed by atoms with Gasteiger partial charge < -0.3 is 15.2 Å². The highest BCUT2D eigenvalue weighted by Crippen LogP contribution is 2.33. The van der Waals surface area contributed by atoms with E-state index in [-0.39, 0.29) is 0 Å². The van der Waals surface area contributed by atoms with Crippen LogP contribution in [0.3, 0.4) is 0 Å². The van der Waals surface area contributed by atoms with E-state index in [1.807, 2.05) is 13.0 Å². The van der Waals surface area contributed by atoms with Gasteiger partial charge in [0.05, 0.1) is 22.9 Å². The molecule has 0 saturated carbocycles. The Kier molecular flexibility index (Phi) is 4.70. The van der Waals surface area contributed by atoms with E-state index >= 15 is 0 Å². The minimum Gasteiger partial charge on any atom is -0.462 e. The SMILES string of the molecule is CCOC(=O)c1ccc(N)c(Oc2cc(C)ccc2Cl)c1. The summed E-state index contributed by atoms with van der Waals surface area (Å²) >= 11 is 6.09. The lowest BCUT2D eigenvalue weighted by Crippen LogP contribution is -2.05. The van der Waals surface area contributed by atoms with Gasteiger partial charge in [-0.3, -0.25) is 0 Å². The van der Waals surface area contributed by atoms with Gasteiger partial charge in [-0.2, -0.15) is 0 Å². The number of nitrogen functional groups attached to an aromatic ring is 1. The Hall–Kier alpha value is -2.20. The molecule has 0 atom stereocenters. The van der Waals surface area contributed by atoms with Crippen molar-refractivity contribution in [1.29, 1.82) is 0 Å². The molecule has 110 valence electrons. The Labute approximate surface area is 128 Å². The zero-order valence-corrected chi connectivity index (χ0v) is 12.6. The molecule has 21 heavy (non-hydrogen) atoms. The molecule has 4 nitrogen and oxygen atoms in total. The highest BCUT2D eigenvalue weighted by molar-refractivity contribution is 6.32. The van der Waals surface area contributed by atoms with Gasteiger partial charge >= 0.3 is 5.97 Å². The van der Waals surface area contributed by atoms with Crippen molar-refractivity contribution in [2.45, 2.75) is 13.8 Å². The Morgan fingerprint density at radius 3 is 2.67 bits per heavy atom. The third-order valence-corrected chi connectivity index (χ3v) is 3.14. The maximum Gasteiger partial charge on any atom is 0.338 e. The van der Waals surface area contributed by atoms with E-state index in [4.69, 9.17) is 26.8 Å². The van der Waals surface area contributed by atoms with Gasteiger partial charge in [-0.25, -0.2) is 4.79 Å². The first-order valence-corrected chi connectivity index (χ1v) is 6.89. The number of hydrogen-bond donors (Lipinski definition) is 1. The summed E-state index contributed by atoms with van der Waals surface area (Å²) in [5.41, 5.74) is 7.68. The Balaban J connectivity index is 2.33. The normalized spacial score (nSPS) is 10.2. The summed E-state index contributed by atoms with van der Waals surface area (Å²) in [4.78, 5) is 11.7. The molecule has 0 unspecified atom stereocenters. The zero-order valence-electron chi connectivity index (χ0n) is 11.9. The van der Waals surface area contributed by atoms with Gasteiger partial charge in [0.15, 0.2) is 5.75 Å². The minimum atomic E-state index is -0.419. The molecule has 5 heteroatoms. The quantitative estimate of drug-likeness (QED) is 0.679. The number of carbonyl (C=O) groups excluding carboxylic acids is 1. The molecule has 0 aliphatic rings. The smallest absolute Gasteiger partial charge is 0.338 e. The number of benzene rings is 2. The summed E-state index contributed by atoms with van der Waals surface area (Å²) in [5.74, 6) is 0.440. The molecule has 0 amide bonds. The number of nitrogens with two attached hydrogens (primary N) is 1. The predicted octanol–water partition coefficient (Wildman–Crippen LogP) is 4.20. The summed E-state index contributed by atoms with van der Waals surface area (Å²) in [6, 6.07) is 10.2. The Morgan fingerprint density at radius 1 is 1.19 bits per heavy atom. The van der Waals surface area contributed by atoms with Crippen molar-refractivity contribution in [1.82, 2.24) is 0 Å². The van der Waals surface area contributed by atoms with Crippen molar-refractivity contribution in [3.05, 3.63) is 52.5 Å². The Morgan fingerprint density at radius 2 is 1.95 bits per heavy atom. The molecule has 2 aromatic carbocycles. The summed E-state index contributed by atoms with van der Waals surface area (Å²) < 4.78 is 10.7. The fourth-order valence-electron chi connectivity index (χ4n) is 1.77. The number of carbonyl (C=O) groups is 1. The maximum absolute atomic E-state index is 11.7. The molecule has 0 aliphatic heterocycles. The minimum absolute atomic E-state index is 0.309. The lowest BCUT2D eigenvalue weighted by molar-refractivity contribution is 0.0526. The van der Waals surface area contributed by atoms with Gasteiger partial charge in [0.2, 0.25) is 0 Å². The average Bonchev–Trinajstić information content (AvgIpc) is 2.45. The fraction of sp³-hybridized carbons (Fsp3) is 0.188. The third-order valence-electron chi connectivity index (χ3n) is 2.83. The molecule has 0 aliphatic carbocycles. The number of ether oxygens (including phenoxy) is 2. The van der Waals surface area contributed by atoms with Crippen LogP contribution in [0.1, 0.15) is 22.8 Å². The van der Waals surface area contributed by atoms with Crippen LogP contribution in [0.15, 0.2) is 36.4 Å². The molecule has 2 aromatic rings. The summed E-state index contributed by atoms with van der Waals surface area (Å²) in [5, 5.41) is 0.474. The van der Waals surface area contributed by atoms with Crippen molar-refractivity contribution >= 4 is 23.3 Å². The highest BCUT2D eigenvalue weighted by Gasteiger charge is 2.12. The van der Waals surface area contributed by atoms with E-state index in [1.165, 1.54) is 0 Å². The largest absolute Gasteiger partial charge is 0.462 e. The first-order chi connectivity index (χ1) is 10.0. The van der Waals surface area contributed by atoms with Gasteiger partial charge in [0.1, 0.15) is 5.75 Å². The number of anilines is 1. The monoisotopic (exact) mass is 305 g/mol. The number of rotatable bonds is 4. The summed E-state index contributed by atoms with van der Waals surface area (Å²) in [6.07, 6.45) is 0. The highest BCUT2D eigenvalue weighted by atomic mass is 35.5. The van der Waals surface area contributed by atoms with Crippen LogP contribution >= 0.6 is 11.6 Å². The maximum atomic E-state index is 11.7. The van der Waals surface area contributed by atoms with Crippen LogP contribution in [0.4, 0.5) is 5.69 Å². The lowest BCUT2D eigenvalue weighted by Gasteiger charge is -2.12. The van der Waals surface area contributed by atoms with E-state index in [1.54, 1.807) is 37.3 Å². The molecule has 0 bridgehead atoms. The van der Waals surface area contributed by atoms with Gasteiger partial charge in [-0.1, -0.05) is 17.7 Å². The summed E-state index contributed by atoms with van der Waals surface area (Å²) in [7, 11) is 0. The van der Waals surface area contributed by atoms with Crippen molar-refractivity contribution < 1.29 is 14.3 Å². The van der Waals surface area contributed by atoms with Crippen LogP contribution < -0.4 is 10.5 Å². The molecule has 0 spiro atoms. The fourth-order valence-corrected chi connectivity index (χ4v) is 1.93. The molecule has 0 fully saturated rings. The second-order valence-electron chi connectivity index (χ2n) is 4.51. The van der Waals surface area contributed by atoms with Crippen molar-refractivity contribution in [3.63, 3.8) is 0 Å². The number of hydrogen-bond acceptors (Lipinski definition) is 4. The topological polar surface area (TPSA) is 61.5 Å². The van der Waals surface area contributed by atoms with E-state index in [0.717, 1.165) is 5.56 Å². The molecule has 0 radical (unpaired) electrons. The van der Waals surface area contributed by atoms with Crippen LogP contribution in [0.2, 0.25) is 5.02 Å². The van der Waals surface area contributed by atoms with Crippen LogP contribution in [0.5, 0.6) is 11.5 Å². The Bertz CT molecular complexity index is 671. The molecule has 0 heterocycles. The van der Waals surface area contributed by atoms with Crippen molar-refractivity contribution in [2.24, 2.45) is 0 Å². The average molecular weight is 306 g/mol. The number of aryl methyl sites for hydroxylation is 1. The third kappa shape index (κ3) is 3.67. The molecular weight excluding hydrogens is 290 g/mol.